The molecule has 1 heterocycles. The third kappa shape index (κ3) is 4.35. The molecule has 0 aliphatic rings. The van der Waals surface area contributed by atoms with Gasteiger partial charge in [-0.2, -0.15) is 0 Å². The first-order chi connectivity index (χ1) is 13.1. The number of amides is 1. The summed E-state index contributed by atoms with van der Waals surface area (Å²) in [5.74, 6) is 0.706. The Morgan fingerprint density at radius 3 is 2.48 bits per heavy atom. The number of ether oxygens (including phenoxy) is 1. The molecule has 0 spiro atoms. The monoisotopic (exact) mass is 382 g/mol. The summed E-state index contributed by atoms with van der Waals surface area (Å²) >= 11 is 6.00. The van der Waals surface area contributed by atoms with Gasteiger partial charge in [0.2, 0.25) is 5.95 Å². The first kappa shape index (κ1) is 18.7. The second-order valence-corrected chi connectivity index (χ2v) is 6.09. The van der Waals surface area contributed by atoms with Gasteiger partial charge in [-0.25, -0.2) is 9.97 Å². The van der Waals surface area contributed by atoms with E-state index in [0.717, 1.165) is 5.69 Å². The lowest BCUT2D eigenvalue weighted by Crippen LogP contribution is -2.20. The molecule has 138 valence electrons. The molecule has 3 aromatic rings. The van der Waals surface area contributed by atoms with Crippen molar-refractivity contribution in [1.29, 1.82) is 0 Å². The number of anilines is 3. The molecule has 0 atom stereocenters. The highest BCUT2D eigenvalue weighted by Crippen LogP contribution is 2.28. The number of carbonyl (C=O) groups is 1. The molecule has 0 bridgehead atoms. The molecule has 1 N–H and O–H groups in total. The van der Waals surface area contributed by atoms with E-state index in [1.54, 1.807) is 18.2 Å². The van der Waals surface area contributed by atoms with Crippen LogP contribution >= 0.6 is 11.6 Å². The van der Waals surface area contributed by atoms with Crippen molar-refractivity contribution in [2.45, 2.75) is 6.92 Å². The third-order valence-electron chi connectivity index (χ3n) is 3.94. The van der Waals surface area contributed by atoms with Gasteiger partial charge in [-0.3, -0.25) is 4.79 Å². The van der Waals surface area contributed by atoms with Crippen LogP contribution in [-0.4, -0.2) is 29.5 Å². The molecule has 0 aliphatic heterocycles. The van der Waals surface area contributed by atoms with Gasteiger partial charge in [0.25, 0.3) is 5.91 Å². The van der Waals surface area contributed by atoms with Crippen LogP contribution in [0.4, 0.5) is 17.3 Å². The van der Waals surface area contributed by atoms with E-state index < -0.39 is 0 Å². The predicted molar refractivity (Wildman–Crippen MR) is 107 cm³/mol. The molecule has 1 aromatic heterocycles. The van der Waals surface area contributed by atoms with Crippen LogP contribution in [0.15, 0.2) is 60.9 Å². The number of hydrogen-bond donors (Lipinski definition) is 1. The first-order valence-corrected chi connectivity index (χ1v) is 8.79. The van der Waals surface area contributed by atoms with Gasteiger partial charge in [-0.15, -0.1) is 0 Å². The molecule has 0 unspecified atom stereocenters. The van der Waals surface area contributed by atoms with E-state index in [9.17, 15) is 4.79 Å². The van der Waals surface area contributed by atoms with Crippen LogP contribution in [0.5, 0.6) is 5.75 Å². The van der Waals surface area contributed by atoms with Crippen LogP contribution < -0.4 is 15.0 Å². The topological polar surface area (TPSA) is 67.4 Å². The minimum Gasteiger partial charge on any atom is -0.495 e. The van der Waals surface area contributed by atoms with Gasteiger partial charge in [0, 0.05) is 29.6 Å². The summed E-state index contributed by atoms with van der Waals surface area (Å²) in [6.45, 7) is 2.72. The predicted octanol–water partition coefficient (Wildman–Crippen LogP) is 4.55. The molecule has 0 saturated carbocycles. The van der Waals surface area contributed by atoms with Gasteiger partial charge < -0.3 is 15.0 Å². The van der Waals surface area contributed by atoms with Crippen molar-refractivity contribution in [3.8, 4) is 5.75 Å². The van der Waals surface area contributed by atoms with Crippen molar-refractivity contribution in [3.05, 3.63) is 71.5 Å². The number of para-hydroxylation sites is 1. The average molecular weight is 383 g/mol. The molecule has 3 rings (SSSR count). The second kappa shape index (κ2) is 8.51. The Labute approximate surface area is 162 Å². The van der Waals surface area contributed by atoms with Crippen molar-refractivity contribution in [1.82, 2.24) is 9.97 Å². The molecule has 0 saturated heterocycles. The lowest BCUT2D eigenvalue weighted by molar-refractivity contribution is 0.102. The number of rotatable bonds is 6. The first-order valence-electron chi connectivity index (χ1n) is 8.42. The van der Waals surface area contributed by atoms with Crippen LogP contribution in [0.3, 0.4) is 0 Å². The fourth-order valence-electron chi connectivity index (χ4n) is 2.60. The van der Waals surface area contributed by atoms with Gasteiger partial charge in [0.05, 0.1) is 18.4 Å². The van der Waals surface area contributed by atoms with Gasteiger partial charge in [0.1, 0.15) is 5.75 Å². The zero-order chi connectivity index (χ0) is 19.2. The highest BCUT2D eigenvalue weighted by molar-refractivity contribution is 6.31. The van der Waals surface area contributed by atoms with Gasteiger partial charge in [0.15, 0.2) is 0 Å². The van der Waals surface area contributed by atoms with Crippen molar-refractivity contribution in [2.24, 2.45) is 0 Å². The van der Waals surface area contributed by atoms with Gasteiger partial charge in [-0.05, 0) is 37.3 Å². The van der Waals surface area contributed by atoms with Crippen molar-refractivity contribution in [2.75, 3.05) is 23.9 Å². The molecule has 27 heavy (non-hydrogen) atoms. The molecule has 6 nitrogen and oxygen atoms in total. The molecule has 7 heteroatoms. The number of carbonyl (C=O) groups excluding carboxylic acids is 1. The summed E-state index contributed by atoms with van der Waals surface area (Å²) in [7, 11) is 1.53. The standard InChI is InChI=1S/C20H19ClN4O2/c1-3-25(16-7-5-4-6-8-16)20-22-12-14(13-23-20)19(26)24-17-11-15(21)9-10-18(17)27-2/h4-13H,3H2,1-2H3,(H,24,26). The summed E-state index contributed by atoms with van der Waals surface area (Å²) in [6.07, 6.45) is 3.00. The zero-order valence-corrected chi connectivity index (χ0v) is 15.8. The summed E-state index contributed by atoms with van der Waals surface area (Å²) in [5.41, 5.74) is 1.81. The number of aromatic nitrogens is 2. The van der Waals surface area contributed by atoms with Crippen molar-refractivity contribution in [3.63, 3.8) is 0 Å². The quantitative estimate of drug-likeness (QED) is 0.677. The van der Waals surface area contributed by atoms with Crippen LogP contribution in [0.25, 0.3) is 0 Å². The lowest BCUT2D eigenvalue weighted by Gasteiger charge is -2.20. The van der Waals surface area contributed by atoms with Crippen molar-refractivity contribution < 1.29 is 9.53 Å². The summed E-state index contributed by atoms with van der Waals surface area (Å²) < 4.78 is 5.24. The molecule has 0 radical (unpaired) electrons. The minimum atomic E-state index is -0.343. The molecule has 0 aliphatic carbocycles. The van der Waals surface area contributed by atoms with Crippen LogP contribution in [-0.2, 0) is 0 Å². The van der Waals surface area contributed by atoms with Gasteiger partial charge >= 0.3 is 0 Å². The van der Waals surface area contributed by atoms with E-state index in [1.807, 2.05) is 42.2 Å². The summed E-state index contributed by atoms with van der Waals surface area (Å²) in [6, 6.07) is 14.8. The molecule has 2 aromatic carbocycles. The highest BCUT2D eigenvalue weighted by Gasteiger charge is 2.14. The highest BCUT2D eigenvalue weighted by atomic mass is 35.5. The van der Waals surface area contributed by atoms with Crippen LogP contribution in [0, 0.1) is 0 Å². The Morgan fingerprint density at radius 1 is 1.15 bits per heavy atom. The fraction of sp³-hybridized carbons (Fsp3) is 0.150. The lowest BCUT2D eigenvalue weighted by atomic mass is 10.2. The van der Waals surface area contributed by atoms with E-state index >= 15 is 0 Å². The number of nitrogens with one attached hydrogen (secondary N) is 1. The van der Waals surface area contributed by atoms with E-state index in [-0.39, 0.29) is 5.91 Å². The smallest absolute Gasteiger partial charge is 0.258 e. The maximum Gasteiger partial charge on any atom is 0.258 e. The van der Waals surface area contributed by atoms with E-state index in [1.165, 1.54) is 19.5 Å². The second-order valence-electron chi connectivity index (χ2n) is 5.65. The van der Waals surface area contributed by atoms with Crippen LogP contribution in [0.1, 0.15) is 17.3 Å². The molecular formula is C20H19ClN4O2. The minimum absolute atomic E-state index is 0.338. The fourth-order valence-corrected chi connectivity index (χ4v) is 2.77. The number of benzene rings is 2. The van der Waals surface area contributed by atoms with E-state index in [4.69, 9.17) is 16.3 Å². The number of methoxy groups -OCH3 is 1. The number of halogens is 1. The Balaban J connectivity index is 1.79. The van der Waals surface area contributed by atoms with Crippen molar-refractivity contribution >= 4 is 34.8 Å². The molecular weight excluding hydrogens is 364 g/mol. The Morgan fingerprint density at radius 2 is 1.85 bits per heavy atom. The molecule has 1 amide bonds. The molecule has 0 fully saturated rings. The Hall–Kier alpha value is -3.12. The number of nitrogens with zero attached hydrogens (tertiary/aromatic N) is 3. The van der Waals surface area contributed by atoms with E-state index in [2.05, 4.69) is 15.3 Å². The zero-order valence-electron chi connectivity index (χ0n) is 15.0. The Kier molecular flexibility index (Phi) is 5.88. The average Bonchev–Trinajstić information content (AvgIpc) is 2.70. The Bertz CT molecular complexity index is 917. The number of hydrogen-bond acceptors (Lipinski definition) is 5. The SMILES string of the molecule is CCN(c1ccccc1)c1ncc(C(=O)Nc2cc(Cl)ccc2OC)cn1. The maximum absolute atomic E-state index is 12.5. The normalized spacial score (nSPS) is 10.3. The van der Waals surface area contributed by atoms with Crippen LogP contribution in [0.2, 0.25) is 5.02 Å². The third-order valence-corrected chi connectivity index (χ3v) is 4.17. The largest absolute Gasteiger partial charge is 0.495 e. The summed E-state index contributed by atoms with van der Waals surface area (Å²) in [5, 5.41) is 3.27. The van der Waals surface area contributed by atoms with E-state index in [0.29, 0.717) is 34.5 Å². The van der Waals surface area contributed by atoms with Gasteiger partial charge in [-0.1, -0.05) is 29.8 Å². The summed E-state index contributed by atoms with van der Waals surface area (Å²) in [4.78, 5) is 23.2. The maximum atomic E-state index is 12.5.